The predicted molar refractivity (Wildman–Crippen MR) is 92.0 cm³/mol. The Hall–Kier alpha value is -2.12. The Morgan fingerprint density at radius 2 is 1.83 bits per heavy atom. The number of hydrogen-bond donors (Lipinski definition) is 1. The number of carbonyl (C=O) groups is 1. The van der Waals surface area contributed by atoms with Crippen molar-refractivity contribution in [3.05, 3.63) is 41.6 Å². The van der Waals surface area contributed by atoms with Gasteiger partial charge >= 0.3 is 0 Å². The van der Waals surface area contributed by atoms with Crippen molar-refractivity contribution in [1.82, 2.24) is 4.57 Å². The van der Waals surface area contributed by atoms with E-state index in [1.165, 1.54) is 6.92 Å². The third-order valence-electron chi connectivity index (χ3n) is 3.91. The smallest absolute Gasteiger partial charge is 0.222 e. The van der Waals surface area contributed by atoms with Crippen LogP contribution in [-0.4, -0.2) is 32.6 Å². The molecule has 0 aliphatic carbocycles. The van der Waals surface area contributed by atoms with Crippen molar-refractivity contribution in [3.8, 4) is 0 Å². The summed E-state index contributed by atoms with van der Waals surface area (Å²) in [5.74, 6) is -0.0333. The molecule has 1 heterocycles. The van der Waals surface area contributed by atoms with Gasteiger partial charge in [-0.3, -0.25) is 4.79 Å². The zero-order valence-corrected chi connectivity index (χ0v) is 15.1. The summed E-state index contributed by atoms with van der Waals surface area (Å²) in [7, 11) is -2.17. The molecular weight excluding hydrogens is 328 g/mol. The molecule has 0 atom stereocenters. The Labute approximate surface area is 142 Å². The number of methoxy groups -OCH3 is 1. The molecule has 24 heavy (non-hydrogen) atoms. The van der Waals surface area contributed by atoms with Gasteiger partial charge in [0.15, 0.2) is 0 Å². The fourth-order valence-electron chi connectivity index (χ4n) is 2.63. The van der Waals surface area contributed by atoms with Crippen molar-refractivity contribution in [3.63, 3.8) is 0 Å². The van der Waals surface area contributed by atoms with Crippen LogP contribution in [0.15, 0.2) is 40.1 Å². The maximum Gasteiger partial charge on any atom is 0.222 e. The molecular formula is C17H22N2O4S. The SMILES string of the molecule is COCCn1c(C)c(C)c(S(=O)(=O)c2ccccc2)c1NC(C)=O. The molecule has 0 aliphatic heterocycles. The van der Waals surface area contributed by atoms with Crippen molar-refractivity contribution >= 4 is 21.6 Å². The largest absolute Gasteiger partial charge is 0.383 e. The second-order valence-corrected chi connectivity index (χ2v) is 7.42. The first-order chi connectivity index (χ1) is 11.3. The van der Waals surface area contributed by atoms with E-state index in [0.717, 1.165) is 5.69 Å². The van der Waals surface area contributed by atoms with Crippen LogP contribution in [0.4, 0.5) is 5.82 Å². The minimum atomic E-state index is -3.75. The van der Waals surface area contributed by atoms with Crippen LogP contribution in [0.2, 0.25) is 0 Å². The van der Waals surface area contributed by atoms with Crippen molar-refractivity contribution in [2.75, 3.05) is 19.0 Å². The van der Waals surface area contributed by atoms with E-state index in [1.54, 1.807) is 48.9 Å². The van der Waals surface area contributed by atoms with Gasteiger partial charge in [0.1, 0.15) is 10.7 Å². The highest BCUT2D eigenvalue weighted by Crippen LogP contribution is 2.35. The molecule has 1 aromatic heterocycles. The minimum absolute atomic E-state index is 0.137. The zero-order valence-electron chi connectivity index (χ0n) is 14.3. The lowest BCUT2D eigenvalue weighted by Crippen LogP contribution is -2.16. The predicted octanol–water partition coefficient (Wildman–Crippen LogP) is 2.54. The van der Waals surface area contributed by atoms with E-state index in [9.17, 15) is 13.2 Å². The van der Waals surface area contributed by atoms with Gasteiger partial charge in [-0.1, -0.05) is 18.2 Å². The lowest BCUT2D eigenvalue weighted by Gasteiger charge is -2.13. The van der Waals surface area contributed by atoms with Crippen LogP contribution in [0.5, 0.6) is 0 Å². The molecule has 2 rings (SSSR count). The van der Waals surface area contributed by atoms with E-state index in [0.29, 0.717) is 24.5 Å². The molecule has 6 nitrogen and oxygen atoms in total. The fourth-order valence-corrected chi connectivity index (χ4v) is 4.35. The number of rotatable bonds is 6. The second kappa shape index (κ2) is 7.19. The van der Waals surface area contributed by atoms with Crippen LogP contribution in [0, 0.1) is 13.8 Å². The van der Waals surface area contributed by atoms with E-state index >= 15 is 0 Å². The number of nitrogens with one attached hydrogen (secondary N) is 1. The van der Waals surface area contributed by atoms with E-state index < -0.39 is 9.84 Å². The normalized spacial score (nSPS) is 11.5. The van der Waals surface area contributed by atoms with Gasteiger partial charge in [0, 0.05) is 26.3 Å². The Kier molecular flexibility index (Phi) is 5.46. The number of amides is 1. The van der Waals surface area contributed by atoms with Crippen LogP contribution < -0.4 is 5.32 Å². The molecule has 0 unspecified atom stereocenters. The van der Waals surface area contributed by atoms with Gasteiger partial charge in [-0.05, 0) is 31.5 Å². The van der Waals surface area contributed by atoms with E-state index in [1.807, 2.05) is 6.92 Å². The monoisotopic (exact) mass is 350 g/mol. The summed E-state index contributed by atoms with van der Waals surface area (Å²) >= 11 is 0. The molecule has 0 aliphatic rings. The summed E-state index contributed by atoms with van der Waals surface area (Å²) < 4.78 is 33.1. The standard InChI is InChI=1S/C17H22N2O4S/c1-12-13(2)19(10-11-23-4)17(18-14(3)20)16(12)24(21,22)15-8-6-5-7-9-15/h5-9H,10-11H2,1-4H3,(H,18,20). The summed E-state index contributed by atoms with van der Waals surface area (Å²) in [4.78, 5) is 12.0. The average Bonchev–Trinajstić information content (AvgIpc) is 2.77. The number of aromatic nitrogens is 1. The summed E-state index contributed by atoms with van der Waals surface area (Å²) in [6.07, 6.45) is 0. The molecule has 0 bridgehead atoms. The highest BCUT2D eigenvalue weighted by molar-refractivity contribution is 7.91. The number of hydrogen-bond acceptors (Lipinski definition) is 4. The van der Waals surface area contributed by atoms with Crippen molar-refractivity contribution < 1.29 is 17.9 Å². The second-order valence-electron chi connectivity index (χ2n) is 5.53. The molecule has 130 valence electrons. The maximum atomic E-state index is 13.1. The lowest BCUT2D eigenvalue weighted by atomic mass is 10.3. The summed E-state index contributed by atoms with van der Waals surface area (Å²) in [6.45, 7) is 5.80. The molecule has 0 saturated carbocycles. The average molecular weight is 350 g/mol. The van der Waals surface area contributed by atoms with E-state index in [4.69, 9.17) is 4.74 Å². The number of ether oxygens (including phenoxy) is 1. The van der Waals surface area contributed by atoms with Gasteiger partial charge in [0.05, 0.1) is 11.5 Å². The third-order valence-corrected chi connectivity index (χ3v) is 5.84. The van der Waals surface area contributed by atoms with Gasteiger partial charge in [-0.15, -0.1) is 0 Å². The highest BCUT2D eigenvalue weighted by atomic mass is 32.2. The highest BCUT2D eigenvalue weighted by Gasteiger charge is 2.29. The van der Waals surface area contributed by atoms with Gasteiger partial charge in [0.25, 0.3) is 0 Å². The molecule has 0 saturated heterocycles. The Balaban J connectivity index is 2.71. The summed E-state index contributed by atoms with van der Waals surface area (Å²) in [6, 6.07) is 8.21. The Morgan fingerprint density at radius 1 is 1.21 bits per heavy atom. The lowest BCUT2D eigenvalue weighted by molar-refractivity contribution is -0.114. The van der Waals surface area contributed by atoms with Crippen molar-refractivity contribution in [1.29, 1.82) is 0 Å². The van der Waals surface area contributed by atoms with Gasteiger partial charge in [-0.2, -0.15) is 0 Å². The first kappa shape index (κ1) is 18.2. The molecule has 0 radical (unpaired) electrons. The number of nitrogens with zero attached hydrogens (tertiary/aromatic N) is 1. The van der Waals surface area contributed by atoms with Crippen molar-refractivity contribution in [2.24, 2.45) is 0 Å². The number of sulfone groups is 1. The Morgan fingerprint density at radius 3 is 2.38 bits per heavy atom. The third kappa shape index (κ3) is 3.37. The van der Waals surface area contributed by atoms with E-state index in [2.05, 4.69) is 5.32 Å². The quantitative estimate of drug-likeness (QED) is 0.868. The minimum Gasteiger partial charge on any atom is -0.383 e. The molecule has 1 aromatic carbocycles. The zero-order chi connectivity index (χ0) is 17.9. The Bertz CT molecular complexity index is 839. The topological polar surface area (TPSA) is 77.4 Å². The summed E-state index contributed by atoms with van der Waals surface area (Å²) in [5, 5.41) is 2.68. The molecule has 1 amide bonds. The molecule has 0 spiro atoms. The summed E-state index contributed by atoms with van der Waals surface area (Å²) in [5.41, 5.74) is 1.41. The van der Waals surface area contributed by atoms with Crippen LogP contribution in [0.3, 0.4) is 0 Å². The maximum absolute atomic E-state index is 13.1. The van der Waals surface area contributed by atoms with E-state index in [-0.39, 0.29) is 15.7 Å². The van der Waals surface area contributed by atoms with Crippen molar-refractivity contribution in [2.45, 2.75) is 37.1 Å². The number of carbonyl (C=O) groups excluding carboxylic acids is 1. The van der Waals surface area contributed by atoms with Gasteiger partial charge in [0.2, 0.25) is 15.7 Å². The van der Waals surface area contributed by atoms with Crippen LogP contribution in [0.25, 0.3) is 0 Å². The van der Waals surface area contributed by atoms with Crippen LogP contribution in [-0.2, 0) is 25.9 Å². The van der Waals surface area contributed by atoms with Gasteiger partial charge in [-0.25, -0.2) is 8.42 Å². The first-order valence-corrected chi connectivity index (χ1v) is 9.05. The molecule has 1 N–H and O–H groups in total. The van der Waals surface area contributed by atoms with Crippen LogP contribution >= 0.6 is 0 Å². The number of anilines is 1. The number of benzene rings is 1. The molecule has 0 fully saturated rings. The first-order valence-electron chi connectivity index (χ1n) is 7.57. The molecule has 2 aromatic rings. The van der Waals surface area contributed by atoms with Gasteiger partial charge < -0.3 is 14.6 Å². The molecule has 7 heteroatoms. The fraction of sp³-hybridized carbons (Fsp3) is 0.353. The van der Waals surface area contributed by atoms with Crippen LogP contribution in [0.1, 0.15) is 18.2 Å².